The number of nitrogens with one attached hydrogen (secondary N) is 2. The quantitative estimate of drug-likeness (QED) is 0.421. The first-order chi connectivity index (χ1) is 14.7. The van der Waals surface area contributed by atoms with Crippen molar-refractivity contribution in [3.05, 3.63) is 78.1 Å². The van der Waals surface area contributed by atoms with Crippen LogP contribution in [0.3, 0.4) is 0 Å². The van der Waals surface area contributed by atoms with Crippen LogP contribution in [0.5, 0.6) is 11.5 Å². The van der Waals surface area contributed by atoms with Crippen molar-refractivity contribution in [2.75, 3.05) is 20.7 Å². The number of benzene rings is 2. The Balaban J connectivity index is 1.50. The number of ether oxygens (including phenoxy) is 2. The van der Waals surface area contributed by atoms with Gasteiger partial charge in [-0.1, -0.05) is 30.3 Å². The SMILES string of the molecule is CN=C(NCc1ccccc1Cn1cccn1)NCC(C)Oc1cccc(OC)c1. The number of hydrogen-bond donors (Lipinski definition) is 2. The highest BCUT2D eigenvalue weighted by Crippen LogP contribution is 2.19. The van der Waals surface area contributed by atoms with Crippen molar-refractivity contribution in [3.63, 3.8) is 0 Å². The summed E-state index contributed by atoms with van der Waals surface area (Å²) in [7, 11) is 3.41. The Labute approximate surface area is 177 Å². The molecule has 1 unspecified atom stereocenters. The second-order valence-corrected chi connectivity index (χ2v) is 6.89. The van der Waals surface area contributed by atoms with Crippen molar-refractivity contribution in [3.8, 4) is 11.5 Å². The summed E-state index contributed by atoms with van der Waals surface area (Å²) in [6, 6.07) is 17.9. The third-order valence-electron chi connectivity index (χ3n) is 4.62. The zero-order chi connectivity index (χ0) is 21.2. The van der Waals surface area contributed by atoms with Crippen LogP contribution >= 0.6 is 0 Å². The van der Waals surface area contributed by atoms with E-state index in [-0.39, 0.29) is 6.10 Å². The molecule has 1 atom stereocenters. The first-order valence-corrected chi connectivity index (χ1v) is 9.97. The van der Waals surface area contributed by atoms with Crippen LogP contribution in [0.1, 0.15) is 18.1 Å². The van der Waals surface area contributed by atoms with Crippen LogP contribution in [-0.4, -0.2) is 42.5 Å². The van der Waals surface area contributed by atoms with Gasteiger partial charge in [0.25, 0.3) is 0 Å². The lowest BCUT2D eigenvalue weighted by Gasteiger charge is -2.18. The zero-order valence-corrected chi connectivity index (χ0v) is 17.7. The molecule has 0 radical (unpaired) electrons. The summed E-state index contributed by atoms with van der Waals surface area (Å²) in [4.78, 5) is 4.32. The van der Waals surface area contributed by atoms with Crippen LogP contribution in [0.2, 0.25) is 0 Å². The molecule has 30 heavy (non-hydrogen) atoms. The molecule has 0 saturated heterocycles. The molecule has 3 aromatic rings. The van der Waals surface area contributed by atoms with E-state index in [4.69, 9.17) is 9.47 Å². The van der Waals surface area contributed by atoms with E-state index in [1.807, 2.05) is 60.3 Å². The summed E-state index contributed by atoms with van der Waals surface area (Å²) in [5.41, 5.74) is 2.43. The summed E-state index contributed by atoms with van der Waals surface area (Å²) in [6.07, 6.45) is 3.72. The van der Waals surface area contributed by atoms with Crippen molar-refractivity contribution in [1.29, 1.82) is 0 Å². The fraction of sp³-hybridized carbons (Fsp3) is 0.304. The summed E-state index contributed by atoms with van der Waals surface area (Å²) >= 11 is 0. The molecule has 7 nitrogen and oxygen atoms in total. The average molecular weight is 408 g/mol. The van der Waals surface area contributed by atoms with Gasteiger partial charge in [-0.2, -0.15) is 5.10 Å². The smallest absolute Gasteiger partial charge is 0.191 e. The minimum atomic E-state index is -0.0391. The van der Waals surface area contributed by atoms with Gasteiger partial charge in [0.2, 0.25) is 0 Å². The van der Waals surface area contributed by atoms with Gasteiger partial charge in [0.15, 0.2) is 5.96 Å². The molecule has 158 valence electrons. The van der Waals surface area contributed by atoms with Crippen LogP contribution in [0.25, 0.3) is 0 Å². The molecule has 0 aliphatic heterocycles. The van der Waals surface area contributed by atoms with Crippen LogP contribution in [0.4, 0.5) is 0 Å². The van der Waals surface area contributed by atoms with Crippen molar-refractivity contribution < 1.29 is 9.47 Å². The third kappa shape index (κ3) is 6.27. The van der Waals surface area contributed by atoms with Crippen molar-refractivity contribution >= 4 is 5.96 Å². The van der Waals surface area contributed by atoms with Crippen LogP contribution < -0.4 is 20.1 Å². The average Bonchev–Trinajstić information content (AvgIpc) is 3.28. The number of aromatic nitrogens is 2. The highest BCUT2D eigenvalue weighted by molar-refractivity contribution is 5.79. The van der Waals surface area contributed by atoms with E-state index in [9.17, 15) is 0 Å². The van der Waals surface area contributed by atoms with E-state index in [1.54, 1.807) is 20.4 Å². The molecular formula is C23H29N5O2. The molecule has 0 aliphatic rings. The van der Waals surface area contributed by atoms with Gasteiger partial charge in [-0.05, 0) is 36.2 Å². The molecule has 2 N–H and O–H groups in total. The van der Waals surface area contributed by atoms with Crippen LogP contribution in [0, 0.1) is 0 Å². The second kappa shape index (κ2) is 10.9. The second-order valence-electron chi connectivity index (χ2n) is 6.89. The Morgan fingerprint density at radius 2 is 1.87 bits per heavy atom. The molecule has 0 spiro atoms. The van der Waals surface area contributed by atoms with Gasteiger partial charge >= 0.3 is 0 Å². The molecular weight excluding hydrogens is 378 g/mol. The van der Waals surface area contributed by atoms with E-state index in [1.165, 1.54) is 11.1 Å². The van der Waals surface area contributed by atoms with Crippen LogP contribution in [0.15, 0.2) is 72.0 Å². The normalized spacial score (nSPS) is 12.3. The monoisotopic (exact) mass is 407 g/mol. The Morgan fingerprint density at radius 1 is 1.07 bits per heavy atom. The predicted molar refractivity (Wildman–Crippen MR) is 119 cm³/mol. The van der Waals surface area contributed by atoms with Gasteiger partial charge in [0.1, 0.15) is 17.6 Å². The van der Waals surface area contributed by atoms with E-state index < -0.39 is 0 Å². The van der Waals surface area contributed by atoms with Gasteiger partial charge in [-0.25, -0.2) is 0 Å². The van der Waals surface area contributed by atoms with E-state index in [0.29, 0.717) is 13.1 Å². The van der Waals surface area contributed by atoms with E-state index in [2.05, 4.69) is 32.9 Å². The van der Waals surface area contributed by atoms with Crippen LogP contribution in [-0.2, 0) is 13.1 Å². The van der Waals surface area contributed by atoms with Gasteiger partial charge in [0.05, 0.1) is 20.2 Å². The van der Waals surface area contributed by atoms with E-state index in [0.717, 1.165) is 24.0 Å². The molecule has 2 aromatic carbocycles. The molecule has 0 fully saturated rings. The summed E-state index contributed by atoms with van der Waals surface area (Å²) in [6.45, 7) is 4.04. The largest absolute Gasteiger partial charge is 0.497 e. The number of nitrogens with zero attached hydrogens (tertiary/aromatic N) is 3. The standard InChI is InChI=1S/C23H29N5O2/c1-18(30-22-11-6-10-21(14-22)29-3)15-25-23(24-2)26-16-19-8-4-5-9-20(19)17-28-13-7-12-27-28/h4-14,18H,15-17H2,1-3H3,(H2,24,25,26). The molecule has 3 rings (SSSR count). The molecule has 1 aromatic heterocycles. The molecule has 1 heterocycles. The summed E-state index contributed by atoms with van der Waals surface area (Å²) in [5, 5.41) is 11.0. The lowest BCUT2D eigenvalue weighted by atomic mass is 10.1. The number of guanidine groups is 1. The topological polar surface area (TPSA) is 72.7 Å². The van der Waals surface area contributed by atoms with E-state index >= 15 is 0 Å². The van der Waals surface area contributed by atoms with Gasteiger partial charge < -0.3 is 20.1 Å². The molecule has 0 amide bonds. The highest BCUT2D eigenvalue weighted by atomic mass is 16.5. The molecule has 7 heteroatoms. The first kappa shape index (κ1) is 21.2. The minimum absolute atomic E-state index is 0.0391. The Hall–Kier alpha value is -3.48. The number of aliphatic imine (C=N–C) groups is 1. The van der Waals surface area contributed by atoms with Crippen molar-refractivity contribution in [2.24, 2.45) is 4.99 Å². The van der Waals surface area contributed by atoms with Gasteiger partial charge in [0, 0.05) is 32.1 Å². The maximum atomic E-state index is 5.96. The fourth-order valence-electron chi connectivity index (χ4n) is 3.04. The lowest BCUT2D eigenvalue weighted by molar-refractivity contribution is 0.223. The molecule has 0 bridgehead atoms. The number of hydrogen-bond acceptors (Lipinski definition) is 4. The Morgan fingerprint density at radius 3 is 2.60 bits per heavy atom. The molecule has 0 saturated carbocycles. The first-order valence-electron chi connectivity index (χ1n) is 9.97. The summed E-state index contributed by atoms with van der Waals surface area (Å²) in [5.74, 6) is 2.28. The molecule has 0 aliphatic carbocycles. The number of methoxy groups -OCH3 is 1. The lowest BCUT2D eigenvalue weighted by Crippen LogP contribution is -2.41. The third-order valence-corrected chi connectivity index (χ3v) is 4.62. The van der Waals surface area contributed by atoms with Gasteiger partial charge in [-0.3, -0.25) is 9.67 Å². The number of rotatable bonds is 9. The van der Waals surface area contributed by atoms with Crippen molar-refractivity contribution in [1.82, 2.24) is 20.4 Å². The Bertz CT molecular complexity index is 940. The maximum absolute atomic E-state index is 5.96. The summed E-state index contributed by atoms with van der Waals surface area (Å²) < 4.78 is 13.1. The highest BCUT2D eigenvalue weighted by Gasteiger charge is 2.08. The Kier molecular flexibility index (Phi) is 7.71. The maximum Gasteiger partial charge on any atom is 0.191 e. The zero-order valence-electron chi connectivity index (χ0n) is 17.7. The fourth-order valence-corrected chi connectivity index (χ4v) is 3.04. The van der Waals surface area contributed by atoms with Crippen molar-refractivity contribution in [2.45, 2.75) is 26.1 Å². The predicted octanol–water partition coefficient (Wildman–Crippen LogP) is 3.07. The minimum Gasteiger partial charge on any atom is -0.497 e. The van der Waals surface area contributed by atoms with Gasteiger partial charge in [-0.15, -0.1) is 0 Å².